The molecule has 2 bridgehead atoms. The number of aliphatic imine (C=N–C) groups is 1. The lowest BCUT2D eigenvalue weighted by molar-refractivity contribution is 0.290. The van der Waals surface area contributed by atoms with Crippen LogP contribution in [0.5, 0.6) is 0 Å². The zero-order chi connectivity index (χ0) is 12.7. The molecule has 0 saturated heterocycles. The Balaban J connectivity index is 1.60. The molecular weight excluding hydrogens is 236 g/mol. The van der Waals surface area contributed by atoms with Gasteiger partial charge in [0.2, 0.25) is 0 Å². The predicted molar refractivity (Wildman–Crippen MR) is 75.2 cm³/mol. The first kappa shape index (κ1) is 11.3. The van der Waals surface area contributed by atoms with Crippen LogP contribution in [0.3, 0.4) is 0 Å². The Morgan fingerprint density at radius 1 is 1.11 bits per heavy atom. The van der Waals surface area contributed by atoms with Gasteiger partial charge >= 0.3 is 0 Å². The van der Waals surface area contributed by atoms with Crippen LogP contribution >= 0.6 is 0 Å². The molecule has 0 amide bonds. The van der Waals surface area contributed by atoms with Gasteiger partial charge in [-0.25, -0.2) is 4.99 Å². The zero-order valence-corrected chi connectivity index (χ0v) is 11.1. The zero-order valence-electron chi connectivity index (χ0n) is 11.1. The third-order valence-corrected chi connectivity index (χ3v) is 4.98. The molecule has 2 fully saturated rings. The second-order valence-corrected chi connectivity index (χ2v) is 5.98. The molecule has 4 atom stereocenters. The van der Waals surface area contributed by atoms with Gasteiger partial charge in [0, 0.05) is 12.0 Å². The summed E-state index contributed by atoms with van der Waals surface area (Å²) >= 11 is 0. The van der Waals surface area contributed by atoms with Crippen LogP contribution in [0.2, 0.25) is 0 Å². The van der Waals surface area contributed by atoms with Gasteiger partial charge in [0.15, 0.2) is 0 Å². The van der Waals surface area contributed by atoms with Crippen molar-refractivity contribution >= 4 is 6.02 Å². The van der Waals surface area contributed by atoms with E-state index in [4.69, 9.17) is 4.74 Å². The Morgan fingerprint density at radius 3 is 2.74 bits per heavy atom. The second-order valence-electron chi connectivity index (χ2n) is 5.98. The van der Waals surface area contributed by atoms with Crippen molar-refractivity contribution in [1.29, 1.82) is 0 Å². The van der Waals surface area contributed by atoms with E-state index in [1.807, 2.05) is 0 Å². The van der Waals surface area contributed by atoms with Gasteiger partial charge in [0.25, 0.3) is 6.02 Å². The maximum absolute atomic E-state index is 5.55. The standard InChI is InChI=1S/C16H20N2O/c1-2-4-11(5-3-1)14-12-6-7-13(10-12)15(14)18-16-17-8-9-19-16/h1-5,12-15H,6-10H2,(H,17,18)/t12-,13+,14-,15-/m1/s1. The van der Waals surface area contributed by atoms with Crippen LogP contribution in [-0.2, 0) is 4.74 Å². The minimum Gasteiger partial charge on any atom is -0.463 e. The van der Waals surface area contributed by atoms with Gasteiger partial charge in [-0.15, -0.1) is 0 Å². The van der Waals surface area contributed by atoms with Gasteiger partial charge in [0.05, 0.1) is 6.54 Å². The first-order valence-electron chi connectivity index (χ1n) is 7.40. The van der Waals surface area contributed by atoms with Crippen LogP contribution in [0.4, 0.5) is 0 Å². The molecule has 1 N–H and O–H groups in total. The van der Waals surface area contributed by atoms with Gasteiger partial charge in [-0.2, -0.15) is 0 Å². The molecule has 3 heteroatoms. The number of ether oxygens (including phenoxy) is 1. The van der Waals surface area contributed by atoms with Crippen molar-refractivity contribution in [1.82, 2.24) is 5.32 Å². The molecule has 1 aromatic carbocycles. The lowest BCUT2D eigenvalue weighted by Crippen LogP contribution is -2.43. The van der Waals surface area contributed by atoms with Crippen molar-refractivity contribution in [3.05, 3.63) is 35.9 Å². The van der Waals surface area contributed by atoms with Crippen molar-refractivity contribution < 1.29 is 4.74 Å². The Kier molecular flexibility index (Phi) is 2.71. The van der Waals surface area contributed by atoms with E-state index in [9.17, 15) is 0 Å². The summed E-state index contributed by atoms with van der Waals surface area (Å²) in [5, 5.41) is 3.59. The number of hydrogen-bond acceptors (Lipinski definition) is 3. The summed E-state index contributed by atoms with van der Waals surface area (Å²) in [6, 6.07) is 12.2. The van der Waals surface area contributed by atoms with E-state index in [-0.39, 0.29) is 0 Å². The molecule has 3 aliphatic rings. The third-order valence-electron chi connectivity index (χ3n) is 4.98. The van der Waals surface area contributed by atoms with Crippen molar-refractivity contribution in [3.63, 3.8) is 0 Å². The maximum Gasteiger partial charge on any atom is 0.285 e. The van der Waals surface area contributed by atoms with E-state index in [1.165, 1.54) is 24.8 Å². The van der Waals surface area contributed by atoms with E-state index in [0.29, 0.717) is 12.0 Å². The number of fused-ring (bicyclic) bond motifs is 2. The summed E-state index contributed by atoms with van der Waals surface area (Å²) in [5.74, 6) is 2.26. The summed E-state index contributed by atoms with van der Waals surface area (Å²) in [6.45, 7) is 1.54. The fourth-order valence-electron chi connectivity index (χ4n) is 4.22. The largest absolute Gasteiger partial charge is 0.463 e. The highest BCUT2D eigenvalue weighted by atomic mass is 16.5. The number of nitrogens with one attached hydrogen (secondary N) is 1. The first-order valence-corrected chi connectivity index (χ1v) is 7.40. The number of rotatable bonds is 2. The van der Waals surface area contributed by atoms with Crippen LogP contribution in [0, 0.1) is 11.8 Å². The van der Waals surface area contributed by atoms with Crippen molar-refractivity contribution in [3.8, 4) is 0 Å². The van der Waals surface area contributed by atoms with Gasteiger partial charge in [-0.05, 0) is 36.7 Å². The number of nitrogens with zero attached hydrogens (tertiary/aromatic N) is 1. The quantitative estimate of drug-likeness (QED) is 0.882. The molecule has 1 aromatic rings. The summed E-state index contributed by atoms with van der Waals surface area (Å²) in [5.41, 5.74) is 1.48. The molecule has 19 heavy (non-hydrogen) atoms. The van der Waals surface area contributed by atoms with Crippen molar-refractivity contribution in [2.75, 3.05) is 13.2 Å². The van der Waals surface area contributed by atoms with Gasteiger partial charge in [-0.3, -0.25) is 0 Å². The molecule has 3 nitrogen and oxygen atoms in total. The summed E-state index contributed by atoms with van der Waals surface area (Å²) < 4.78 is 5.55. The third kappa shape index (κ3) is 1.92. The van der Waals surface area contributed by atoms with Crippen molar-refractivity contribution in [2.45, 2.75) is 31.2 Å². The fourth-order valence-corrected chi connectivity index (χ4v) is 4.22. The predicted octanol–water partition coefficient (Wildman–Crippen LogP) is 2.54. The summed E-state index contributed by atoms with van der Waals surface area (Å²) in [7, 11) is 0. The highest BCUT2D eigenvalue weighted by molar-refractivity contribution is 5.75. The average Bonchev–Trinajstić information content (AvgIpc) is 3.16. The molecule has 2 saturated carbocycles. The number of benzene rings is 1. The van der Waals surface area contributed by atoms with Gasteiger partial charge in [-0.1, -0.05) is 30.3 Å². The molecule has 0 spiro atoms. The molecule has 2 aliphatic carbocycles. The van der Waals surface area contributed by atoms with Crippen LogP contribution in [0.1, 0.15) is 30.7 Å². The molecule has 0 radical (unpaired) electrons. The Morgan fingerprint density at radius 2 is 1.95 bits per heavy atom. The van der Waals surface area contributed by atoms with Crippen LogP contribution in [0.25, 0.3) is 0 Å². The van der Waals surface area contributed by atoms with E-state index < -0.39 is 0 Å². The Labute approximate surface area is 114 Å². The molecule has 4 rings (SSSR count). The van der Waals surface area contributed by atoms with E-state index in [1.54, 1.807) is 0 Å². The van der Waals surface area contributed by atoms with Crippen LogP contribution in [-0.4, -0.2) is 25.2 Å². The van der Waals surface area contributed by atoms with Crippen molar-refractivity contribution in [2.24, 2.45) is 16.8 Å². The van der Waals surface area contributed by atoms with Crippen LogP contribution < -0.4 is 5.32 Å². The lowest BCUT2D eigenvalue weighted by Gasteiger charge is -2.32. The topological polar surface area (TPSA) is 33.6 Å². The molecule has 1 heterocycles. The summed E-state index contributed by atoms with van der Waals surface area (Å²) in [4.78, 5) is 4.39. The smallest absolute Gasteiger partial charge is 0.285 e. The minimum absolute atomic E-state index is 0.512. The molecule has 1 aliphatic heterocycles. The van der Waals surface area contributed by atoms with E-state index >= 15 is 0 Å². The Bertz CT molecular complexity index is 485. The second kappa shape index (κ2) is 4.55. The normalized spacial score (nSPS) is 36.1. The lowest BCUT2D eigenvalue weighted by atomic mass is 9.80. The maximum atomic E-state index is 5.55. The number of amidine groups is 1. The van der Waals surface area contributed by atoms with Crippen LogP contribution in [0.15, 0.2) is 35.3 Å². The van der Waals surface area contributed by atoms with Gasteiger partial charge in [0.1, 0.15) is 6.61 Å². The summed E-state index contributed by atoms with van der Waals surface area (Å²) in [6.07, 6.45) is 4.11. The first-order chi connectivity index (χ1) is 9.42. The average molecular weight is 256 g/mol. The highest BCUT2D eigenvalue weighted by Gasteiger charge is 2.48. The monoisotopic (exact) mass is 256 g/mol. The minimum atomic E-state index is 0.512. The molecule has 0 aromatic heterocycles. The highest BCUT2D eigenvalue weighted by Crippen LogP contribution is 2.52. The van der Waals surface area contributed by atoms with E-state index in [2.05, 4.69) is 40.6 Å². The molecular formula is C16H20N2O. The molecule has 100 valence electrons. The van der Waals surface area contributed by atoms with E-state index in [0.717, 1.165) is 31.0 Å². The Hall–Kier alpha value is -1.51. The SMILES string of the molecule is c1ccc([C@@H]2[C@@H]3CC[C@@H](C3)[C@H]2NC2=NCCO2)cc1. The molecule has 0 unspecified atom stereocenters. The number of hydrogen-bond donors (Lipinski definition) is 1. The fraction of sp³-hybridized carbons (Fsp3) is 0.562. The van der Waals surface area contributed by atoms with Gasteiger partial charge < -0.3 is 10.1 Å².